The fourth-order valence-electron chi connectivity index (χ4n) is 1.93. The molecule has 3 N–H and O–H groups in total. The Morgan fingerprint density at radius 2 is 1.95 bits per heavy atom. The summed E-state index contributed by atoms with van der Waals surface area (Å²) in [6.07, 6.45) is 1.32. The summed E-state index contributed by atoms with van der Waals surface area (Å²) in [4.78, 5) is 11.7. The van der Waals surface area contributed by atoms with Crippen molar-refractivity contribution in [1.29, 1.82) is 0 Å². The van der Waals surface area contributed by atoms with Crippen molar-refractivity contribution < 1.29 is 9.90 Å². The van der Waals surface area contributed by atoms with Gasteiger partial charge in [-0.2, -0.15) is 0 Å². The quantitative estimate of drug-likeness (QED) is 0.749. The number of rotatable bonds is 6. The van der Waals surface area contributed by atoms with E-state index < -0.39 is 6.10 Å². The van der Waals surface area contributed by atoms with E-state index in [0.29, 0.717) is 5.69 Å². The van der Waals surface area contributed by atoms with Crippen LogP contribution in [0, 0.1) is 5.92 Å². The summed E-state index contributed by atoms with van der Waals surface area (Å²) in [6.45, 7) is 4.35. The zero-order valence-electron chi connectivity index (χ0n) is 11.3. The number of para-hydroxylation sites is 1. The van der Waals surface area contributed by atoms with Crippen LogP contribution in [0.2, 0.25) is 0 Å². The molecule has 4 nitrogen and oxygen atoms in total. The van der Waals surface area contributed by atoms with E-state index in [4.69, 9.17) is 0 Å². The fraction of sp³-hybridized carbons (Fsp3) is 0.500. The maximum absolute atomic E-state index is 11.7. The van der Waals surface area contributed by atoms with E-state index >= 15 is 0 Å². The Labute approximate surface area is 122 Å². The molecule has 0 radical (unpaired) electrons. The lowest BCUT2D eigenvalue weighted by molar-refractivity contribution is 0.104. The molecule has 106 valence electrons. The van der Waals surface area contributed by atoms with E-state index in [0.717, 1.165) is 17.3 Å². The smallest absolute Gasteiger partial charge is 0.319 e. The molecule has 0 spiro atoms. The summed E-state index contributed by atoms with van der Waals surface area (Å²) in [7, 11) is 0. The van der Waals surface area contributed by atoms with Crippen LogP contribution in [0.5, 0.6) is 0 Å². The summed E-state index contributed by atoms with van der Waals surface area (Å²) in [5.74, 6) is 0.226. The summed E-state index contributed by atoms with van der Waals surface area (Å²) in [5, 5.41) is 15.3. The van der Waals surface area contributed by atoms with Crippen LogP contribution >= 0.6 is 15.9 Å². The van der Waals surface area contributed by atoms with Crippen LogP contribution in [-0.4, -0.2) is 23.8 Å². The number of halogens is 1. The molecule has 1 aromatic carbocycles. The summed E-state index contributed by atoms with van der Waals surface area (Å²) in [6, 6.07) is 7.08. The first-order valence-corrected chi connectivity index (χ1v) is 7.35. The highest BCUT2D eigenvalue weighted by molar-refractivity contribution is 9.10. The summed E-state index contributed by atoms with van der Waals surface area (Å²) < 4.78 is 0.825. The Morgan fingerprint density at radius 3 is 2.53 bits per heavy atom. The molecule has 0 aromatic heterocycles. The van der Waals surface area contributed by atoms with E-state index in [1.54, 1.807) is 6.07 Å². The van der Waals surface area contributed by atoms with Crippen molar-refractivity contribution in [3.05, 3.63) is 28.7 Å². The molecule has 5 heteroatoms. The lowest BCUT2D eigenvalue weighted by Gasteiger charge is -2.20. The molecular weight excluding hydrogens is 308 g/mol. The Hall–Kier alpha value is -1.07. The summed E-state index contributed by atoms with van der Waals surface area (Å²) in [5.41, 5.74) is 0.706. The van der Waals surface area contributed by atoms with E-state index in [9.17, 15) is 9.90 Å². The highest BCUT2D eigenvalue weighted by Gasteiger charge is 2.16. The first kappa shape index (κ1) is 16.0. The second-order valence-electron chi connectivity index (χ2n) is 4.46. The molecule has 0 heterocycles. The van der Waals surface area contributed by atoms with Gasteiger partial charge in [0.1, 0.15) is 0 Å². The number of carbonyl (C=O) groups excluding carboxylic acids is 1. The van der Waals surface area contributed by atoms with Gasteiger partial charge in [-0.05, 0) is 34.0 Å². The lowest BCUT2D eigenvalue weighted by atomic mass is 9.97. The third-order valence-corrected chi connectivity index (χ3v) is 3.88. The number of nitrogens with one attached hydrogen (secondary N) is 2. The van der Waals surface area contributed by atoms with Crippen molar-refractivity contribution >= 4 is 27.6 Å². The van der Waals surface area contributed by atoms with E-state index in [2.05, 4.69) is 26.6 Å². The highest BCUT2D eigenvalue weighted by Crippen LogP contribution is 2.20. The van der Waals surface area contributed by atoms with Gasteiger partial charge in [0, 0.05) is 11.0 Å². The molecule has 0 aliphatic carbocycles. The van der Waals surface area contributed by atoms with Gasteiger partial charge in [-0.3, -0.25) is 0 Å². The van der Waals surface area contributed by atoms with Crippen LogP contribution in [0.4, 0.5) is 10.5 Å². The minimum absolute atomic E-state index is 0.226. The molecule has 19 heavy (non-hydrogen) atoms. The molecule has 0 saturated heterocycles. The number of hydrogen-bond donors (Lipinski definition) is 3. The van der Waals surface area contributed by atoms with E-state index in [1.165, 1.54) is 0 Å². The SMILES string of the molecule is CCC(CC)C(O)CNC(=O)Nc1ccccc1Br. The van der Waals surface area contributed by atoms with Gasteiger partial charge >= 0.3 is 6.03 Å². The number of aliphatic hydroxyl groups is 1. The number of urea groups is 1. The fourth-order valence-corrected chi connectivity index (χ4v) is 2.31. The third-order valence-electron chi connectivity index (χ3n) is 3.19. The van der Waals surface area contributed by atoms with Crippen molar-refractivity contribution in [2.45, 2.75) is 32.8 Å². The third kappa shape index (κ3) is 5.20. The molecule has 0 aliphatic rings. The predicted octanol–water partition coefficient (Wildman–Crippen LogP) is 3.37. The van der Waals surface area contributed by atoms with Gasteiger partial charge in [-0.15, -0.1) is 0 Å². The van der Waals surface area contributed by atoms with Crippen molar-refractivity contribution in [2.75, 3.05) is 11.9 Å². The van der Waals surface area contributed by atoms with Crippen molar-refractivity contribution in [1.82, 2.24) is 5.32 Å². The van der Waals surface area contributed by atoms with Gasteiger partial charge in [0.25, 0.3) is 0 Å². The zero-order valence-corrected chi connectivity index (χ0v) is 12.9. The number of aliphatic hydroxyl groups excluding tert-OH is 1. The predicted molar refractivity (Wildman–Crippen MR) is 81.2 cm³/mol. The normalized spacial score (nSPS) is 12.3. The van der Waals surface area contributed by atoms with E-state index in [1.807, 2.05) is 32.0 Å². The van der Waals surface area contributed by atoms with Crippen LogP contribution < -0.4 is 10.6 Å². The summed E-state index contributed by atoms with van der Waals surface area (Å²) >= 11 is 3.36. The number of benzene rings is 1. The van der Waals surface area contributed by atoms with Gasteiger partial charge in [0.2, 0.25) is 0 Å². The van der Waals surface area contributed by atoms with Crippen LogP contribution in [0.1, 0.15) is 26.7 Å². The first-order valence-electron chi connectivity index (χ1n) is 6.55. The maximum Gasteiger partial charge on any atom is 0.319 e. The number of anilines is 1. The molecule has 1 atom stereocenters. The Morgan fingerprint density at radius 1 is 1.32 bits per heavy atom. The number of carbonyl (C=O) groups is 1. The number of amides is 2. The molecule has 2 amide bonds. The molecular formula is C14H21BrN2O2. The maximum atomic E-state index is 11.7. The molecule has 1 aromatic rings. The van der Waals surface area contributed by atoms with Gasteiger partial charge in [0.15, 0.2) is 0 Å². The molecule has 0 aliphatic heterocycles. The van der Waals surface area contributed by atoms with Crippen LogP contribution in [0.25, 0.3) is 0 Å². The largest absolute Gasteiger partial charge is 0.391 e. The average Bonchev–Trinajstić information content (AvgIpc) is 2.40. The zero-order chi connectivity index (χ0) is 14.3. The van der Waals surface area contributed by atoms with Gasteiger partial charge < -0.3 is 15.7 Å². The van der Waals surface area contributed by atoms with Crippen molar-refractivity contribution in [3.8, 4) is 0 Å². The Balaban J connectivity index is 2.42. The highest BCUT2D eigenvalue weighted by atomic mass is 79.9. The monoisotopic (exact) mass is 328 g/mol. The molecule has 0 fully saturated rings. The minimum atomic E-state index is -0.500. The van der Waals surface area contributed by atoms with Gasteiger partial charge in [-0.1, -0.05) is 38.8 Å². The minimum Gasteiger partial charge on any atom is -0.391 e. The average molecular weight is 329 g/mol. The lowest BCUT2D eigenvalue weighted by Crippen LogP contribution is -2.38. The Kier molecular flexibility index (Phi) is 6.87. The topological polar surface area (TPSA) is 61.4 Å². The van der Waals surface area contributed by atoms with Crippen LogP contribution in [0.15, 0.2) is 28.7 Å². The van der Waals surface area contributed by atoms with Gasteiger partial charge in [-0.25, -0.2) is 4.79 Å². The van der Waals surface area contributed by atoms with Gasteiger partial charge in [0.05, 0.1) is 11.8 Å². The second-order valence-corrected chi connectivity index (χ2v) is 5.31. The Bertz CT molecular complexity index is 408. The molecule has 1 unspecified atom stereocenters. The number of hydrogen-bond acceptors (Lipinski definition) is 2. The van der Waals surface area contributed by atoms with Crippen LogP contribution in [0.3, 0.4) is 0 Å². The van der Waals surface area contributed by atoms with Crippen LogP contribution in [-0.2, 0) is 0 Å². The second kappa shape index (κ2) is 8.17. The standard InChI is InChI=1S/C14H21BrN2O2/c1-3-10(4-2)13(18)9-16-14(19)17-12-8-6-5-7-11(12)15/h5-8,10,13,18H,3-4,9H2,1-2H3,(H2,16,17,19). The molecule has 0 saturated carbocycles. The van der Waals surface area contributed by atoms with Crippen molar-refractivity contribution in [2.24, 2.45) is 5.92 Å². The molecule has 0 bridgehead atoms. The molecule has 1 rings (SSSR count). The van der Waals surface area contributed by atoms with E-state index in [-0.39, 0.29) is 18.5 Å². The van der Waals surface area contributed by atoms with Crippen molar-refractivity contribution in [3.63, 3.8) is 0 Å². The first-order chi connectivity index (χ1) is 9.08.